The van der Waals surface area contributed by atoms with Crippen molar-refractivity contribution in [3.63, 3.8) is 0 Å². The summed E-state index contributed by atoms with van der Waals surface area (Å²) in [6, 6.07) is 8.44. The fourth-order valence-corrected chi connectivity index (χ4v) is 3.59. The monoisotopic (exact) mass is 286 g/mol. The van der Waals surface area contributed by atoms with Gasteiger partial charge in [0.1, 0.15) is 0 Å². The molecule has 3 rings (SSSR count). The van der Waals surface area contributed by atoms with Crippen molar-refractivity contribution in [3.8, 4) is 0 Å². The molecule has 0 spiro atoms. The van der Waals surface area contributed by atoms with E-state index >= 15 is 0 Å². The van der Waals surface area contributed by atoms with Crippen molar-refractivity contribution < 1.29 is 4.79 Å². The molecule has 1 amide bonds. The van der Waals surface area contributed by atoms with E-state index in [4.69, 9.17) is 0 Å². The molecule has 0 aromatic heterocycles. The zero-order valence-electron chi connectivity index (χ0n) is 12.8. The molecule has 21 heavy (non-hydrogen) atoms. The largest absolute Gasteiger partial charge is 0.355 e. The van der Waals surface area contributed by atoms with Crippen LogP contribution in [0.25, 0.3) is 0 Å². The highest BCUT2D eigenvalue weighted by Gasteiger charge is 2.26. The van der Waals surface area contributed by atoms with E-state index in [2.05, 4.69) is 34.5 Å². The van der Waals surface area contributed by atoms with Crippen molar-refractivity contribution in [1.29, 1.82) is 0 Å². The molecule has 1 aliphatic carbocycles. The minimum Gasteiger partial charge on any atom is -0.355 e. The molecule has 1 N–H and O–H groups in total. The van der Waals surface area contributed by atoms with Gasteiger partial charge in [0.15, 0.2) is 0 Å². The van der Waals surface area contributed by atoms with E-state index in [1.807, 2.05) is 0 Å². The lowest BCUT2D eigenvalue weighted by molar-refractivity contribution is -0.124. The van der Waals surface area contributed by atoms with Gasteiger partial charge in [-0.3, -0.25) is 4.79 Å². The van der Waals surface area contributed by atoms with Gasteiger partial charge >= 0.3 is 0 Å². The highest BCUT2D eigenvalue weighted by atomic mass is 16.1. The quantitative estimate of drug-likeness (QED) is 0.922. The third-order valence-corrected chi connectivity index (χ3v) is 4.85. The predicted octanol–water partition coefficient (Wildman–Crippen LogP) is 2.39. The number of carbonyl (C=O) groups is 1. The Morgan fingerprint density at radius 3 is 2.29 bits per heavy atom. The van der Waals surface area contributed by atoms with Gasteiger partial charge in [0.2, 0.25) is 5.91 Å². The summed E-state index contributed by atoms with van der Waals surface area (Å²) in [7, 11) is 0. The first-order valence-electron chi connectivity index (χ1n) is 8.40. The molecule has 3 nitrogen and oxygen atoms in total. The molecule has 1 heterocycles. The Morgan fingerprint density at radius 1 is 1.05 bits per heavy atom. The summed E-state index contributed by atoms with van der Waals surface area (Å²) < 4.78 is 0. The zero-order chi connectivity index (χ0) is 14.5. The van der Waals surface area contributed by atoms with Crippen molar-refractivity contribution in [3.05, 3.63) is 35.4 Å². The summed E-state index contributed by atoms with van der Waals surface area (Å²) >= 11 is 0. The van der Waals surface area contributed by atoms with Crippen LogP contribution in [0.15, 0.2) is 24.3 Å². The first-order valence-corrected chi connectivity index (χ1v) is 8.40. The number of benzene rings is 1. The second kappa shape index (κ2) is 7.08. The van der Waals surface area contributed by atoms with Crippen LogP contribution in [0.1, 0.15) is 36.8 Å². The fourth-order valence-electron chi connectivity index (χ4n) is 3.59. The third kappa shape index (κ3) is 3.85. The number of nitrogens with zero attached hydrogens (tertiary/aromatic N) is 1. The Morgan fingerprint density at radius 2 is 1.67 bits per heavy atom. The van der Waals surface area contributed by atoms with Crippen LogP contribution in [0.2, 0.25) is 0 Å². The molecule has 114 valence electrons. The number of likely N-dealkylation sites (tertiary alicyclic amines) is 1. The summed E-state index contributed by atoms with van der Waals surface area (Å²) in [5.41, 5.74) is 2.70. The summed E-state index contributed by atoms with van der Waals surface area (Å²) in [5, 5.41) is 3.15. The van der Waals surface area contributed by atoms with Gasteiger partial charge < -0.3 is 10.2 Å². The molecule has 1 aliphatic heterocycles. The zero-order valence-corrected chi connectivity index (χ0v) is 12.8. The van der Waals surface area contributed by atoms with Gasteiger partial charge in [0.05, 0.1) is 0 Å². The number of rotatable bonds is 4. The van der Waals surface area contributed by atoms with Crippen molar-refractivity contribution in [1.82, 2.24) is 10.2 Å². The van der Waals surface area contributed by atoms with E-state index in [1.165, 1.54) is 49.9 Å². The Balaban J connectivity index is 1.41. The SMILES string of the molecule is O=C(NCCN1CCCCCC1)C1Cc2ccccc2C1. The van der Waals surface area contributed by atoms with E-state index in [0.29, 0.717) is 0 Å². The highest BCUT2D eigenvalue weighted by Crippen LogP contribution is 2.26. The van der Waals surface area contributed by atoms with Crippen LogP contribution in [0, 0.1) is 5.92 Å². The molecule has 2 aliphatic rings. The lowest BCUT2D eigenvalue weighted by atomic mass is 10.1. The third-order valence-electron chi connectivity index (χ3n) is 4.85. The van der Waals surface area contributed by atoms with Crippen molar-refractivity contribution in [2.24, 2.45) is 5.92 Å². The minimum atomic E-state index is 0.145. The number of hydrogen-bond acceptors (Lipinski definition) is 2. The molecule has 1 fully saturated rings. The predicted molar refractivity (Wildman–Crippen MR) is 85.3 cm³/mol. The molecular formula is C18H26N2O. The Labute approximate surface area is 127 Å². The first kappa shape index (κ1) is 14.6. The molecule has 0 saturated carbocycles. The maximum absolute atomic E-state index is 12.3. The fraction of sp³-hybridized carbons (Fsp3) is 0.611. The van der Waals surface area contributed by atoms with Crippen LogP contribution in [0.4, 0.5) is 0 Å². The molecular weight excluding hydrogens is 260 g/mol. The topological polar surface area (TPSA) is 32.3 Å². The van der Waals surface area contributed by atoms with Crippen LogP contribution >= 0.6 is 0 Å². The average Bonchev–Trinajstić information content (AvgIpc) is 2.77. The summed E-state index contributed by atoms with van der Waals surface area (Å²) in [6.45, 7) is 4.20. The Kier molecular flexibility index (Phi) is 4.91. The highest BCUT2D eigenvalue weighted by molar-refractivity contribution is 5.80. The van der Waals surface area contributed by atoms with Gasteiger partial charge in [-0.05, 0) is 49.9 Å². The lowest BCUT2D eigenvalue weighted by Gasteiger charge is -2.20. The molecule has 0 atom stereocenters. The average molecular weight is 286 g/mol. The Bertz CT molecular complexity index is 453. The molecule has 1 aromatic carbocycles. The van der Waals surface area contributed by atoms with Gasteiger partial charge in [-0.2, -0.15) is 0 Å². The normalized spacial score (nSPS) is 20.0. The number of fused-ring (bicyclic) bond motifs is 1. The van der Waals surface area contributed by atoms with Crippen molar-refractivity contribution in [2.75, 3.05) is 26.2 Å². The minimum absolute atomic E-state index is 0.145. The maximum atomic E-state index is 12.3. The molecule has 0 unspecified atom stereocenters. The number of nitrogens with one attached hydrogen (secondary N) is 1. The maximum Gasteiger partial charge on any atom is 0.223 e. The van der Waals surface area contributed by atoms with Crippen LogP contribution < -0.4 is 5.32 Å². The summed E-state index contributed by atoms with van der Waals surface area (Å²) in [5.74, 6) is 0.382. The molecule has 3 heteroatoms. The molecule has 1 aromatic rings. The van der Waals surface area contributed by atoms with E-state index in [-0.39, 0.29) is 11.8 Å². The van der Waals surface area contributed by atoms with E-state index < -0.39 is 0 Å². The lowest BCUT2D eigenvalue weighted by Crippen LogP contribution is -2.38. The van der Waals surface area contributed by atoms with Gasteiger partial charge in [-0.25, -0.2) is 0 Å². The molecule has 0 radical (unpaired) electrons. The van der Waals surface area contributed by atoms with Gasteiger partial charge in [0.25, 0.3) is 0 Å². The van der Waals surface area contributed by atoms with E-state index in [1.54, 1.807) is 0 Å². The van der Waals surface area contributed by atoms with Crippen molar-refractivity contribution >= 4 is 5.91 Å². The summed E-state index contributed by atoms with van der Waals surface area (Å²) in [4.78, 5) is 14.8. The van der Waals surface area contributed by atoms with Gasteiger partial charge in [-0.15, -0.1) is 0 Å². The molecule has 1 saturated heterocycles. The van der Waals surface area contributed by atoms with E-state index in [9.17, 15) is 4.79 Å². The smallest absolute Gasteiger partial charge is 0.223 e. The van der Waals surface area contributed by atoms with Crippen LogP contribution in [0.3, 0.4) is 0 Å². The standard InChI is InChI=1S/C18H26N2O/c21-18(17-13-15-7-3-4-8-16(15)14-17)19-9-12-20-10-5-1-2-6-11-20/h3-4,7-8,17H,1-2,5-6,9-14H2,(H,19,21). The van der Waals surface area contributed by atoms with Crippen LogP contribution in [0.5, 0.6) is 0 Å². The number of carbonyl (C=O) groups excluding carboxylic acids is 1. The Hall–Kier alpha value is -1.35. The van der Waals surface area contributed by atoms with E-state index in [0.717, 1.165) is 25.9 Å². The first-order chi connectivity index (χ1) is 10.3. The van der Waals surface area contributed by atoms with Crippen LogP contribution in [-0.4, -0.2) is 37.0 Å². The summed E-state index contributed by atoms with van der Waals surface area (Å²) in [6.07, 6.45) is 7.17. The van der Waals surface area contributed by atoms with Gasteiger partial charge in [-0.1, -0.05) is 37.1 Å². The van der Waals surface area contributed by atoms with Crippen LogP contribution in [-0.2, 0) is 17.6 Å². The van der Waals surface area contributed by atoms with Gasteiger partial charge in [0, 0.05) is 19.0 Å². The number of hydrogen-bond donors (Lipinski definition) is 1. The second-order valence-electron chi connectivity index (χ2n) is 6.42. The van der Waals surface area contributed by atoms with Crippen molar-refractivity contribution in [2.45, 2.75) is 38.5 Å². The number of amides is 1. The molecule has 0 bridgehead atoms. The second-order valence-corrected chi connectivity index (χ2v) is 6.42.